The number of benzene rings is 1. The molecule has 1 heterocycles. The number of ether oxygens (including phenoxy) is 2. The lowest BCUT2D eigenvalue weighted by atomic mass is 10.1. The Morgan fingerprint density at radius 3 is 2.58 bits per heavy atom. The maximum Gasteiger partial charge on any atom is 0.167 e. The predicted molar refractivity (Wildman–Crippen MR) is 74.1 cm³/mol. The number of anilines is 1. The number of hydrogen-bond acceptors (Lipinski definition) is 5. The predicted octanol–water partition coefficient (Wildman–Crippen LogP) is 1.77. The van der Waals surface area contributed by atoms with E-state index in [1.165, 1.54) is 6.07 Å². The van der Waals surface area contributed by atoms with Crippen LogP contribution in [0.25, 0.3) is 0 Å². The smallest absolute Gasteiger partial charge is 0.167 e. The molecule has 19 heavy (non-hydrogen) atoms. The molecule has 106 valence electrons. The summed E-state index contributed by atoms with van der Waals surface area (Å²) < 4.78 is 11.1. The Morgan fingerprint density at radius 1 is 1.42 bits per heavy atom. The standard InChI is InChI=1S/C14H22N2O3/c1-3-14(16,4-2)19-13-9(6-11-8-18-11)5-10(15)7-12(13)17/h5,7,11,17H,3-4,6,8,15-16H2,1-2H3. The van der Waals surface area contributed by atoms with E-state index in [9.17, 15) is 5.11 Å². The topological polar surface area (TPSA) is 94.0 Å². The zero-order valence-electron chi connectivity index (χ0n) is 11.5. The van der Waals surface area contributed by atoms with Gasteiger partial charge in [-0.3, -0.25) is 5.73 Å². The molecule has 1 unspecified atom stereocenters. The molecule has 1 aliphatic heterocycles. The van der Waals surface area contributed by atoms with Gasteiger partial charge < -0.3 is 20.3 Å². The molecular formula is C14H22N2O3. The van der Waals surface area contributed by atoms with Gasteiger partial charge in [0, 0.05) is 23.7 Å². The molecule has 1 saturated heterocycles. The van der Waals surface area contributed by atoms with Crippen LogP contribution in [0.4, 0.5) is 5.69 Å². The molecule has 1 aliphatic rings. The summed E-state index contributed by atoms with van der Waals surface area (Å²) in [6, 6.07) is 3.29. The molecule has 1 aromatic carbocycles. The summed E-state index contributed by atoms with van der Waals surface area (Å²) in [6.45, 7) is 4.66. The van der Waals surface area contributed by atoms with Crippen molar-refractivity contribution in [2.24, 2.45) is 5.73 Å². The third-order valence-electron chi connectivity index (χ3n) is 3.52. The van der Waals surface area contributed by atoms with Gasteiger partial charge in [0.05, 0.1) is 12.7 Å². The van der Waals surface area contributed by atoms with Crippen molar-refractivity contribution >= 4 is 5.69 Å². The molecule has 2 rings (SSSR count). The SMILES string of the molecule is CCC(N)(CC)Oc1c(O)cc(N)cc1CC1CO1. The van der Waals surface area contributed by atoms with Gasteiger partial charge in [0.2, 0.25) is 0 Å². The first-order valence-corrected chi connectivity index (χ1v) is 6.68. The van der Waals surface area contributed by atoms with Gasteiger partial charge in [0.15, 0.2) is 17.2 Å². The van der Waals surface area contributed by atoms with Crippen LogP contribution >= 0.6 is 0 Å². The number of nitrogens with two attached hydrogens (primary N) is 2. The average molecular weight is 266 g/mol. The molecule has 0 amide bonds. The van der Waals surface area contributed by atoms with E-state index in [-0.39, 0.29) is 11.9 Å². The van der Waals surface area contributed by atoms with Crippen LogP contribution in [0.5, 0.6) is 11.5 Å². The Hall–Kier alpha value is -1.46. The number of phenols is 1. The number of phenolic OH excluding ortho intramolecular Hbond substituents is 1. The Balaban J connectivity index is 2.30. The molecule has 0 aromatic heterocycles. The van der Waals surface area contributed by atoms with Crippen molar-refractivity contribution in [1.29, 1.82) is 0 Å². The lowest BCUT2D eigenvalue weighted by molar-refractivity contribution is 0.0627. The van der Waals surface area contributed by atoms with E-state index in [0.29, 0.717) is 30.7 Å². The van der Waals surface area contributed by atoms with Crippen molar-refractivity contribution in [2.75, 3.05) is 12.3 Å². The average Bonchev–Trinajstić information content (AvgIpc) is 3.17. The highest BCUT2D eigenvalue weighted by Gasteiger charge is 2.29. The second kappa shape index (κ2) is 5.27. The molecule has 5 heteroatoms. The van der Waals surface area contributed by atoms with Crippen LogP contribution < -0.4 is 16.2 Å². The lowest BCUT2D eigenvalue weighted by Crippen LogP contribution is -2.44. The van der Waals surface area contributed by atoms with Gasteiger partial charge in [-0.2, -0.15) is 0 Å². The summed E-state index contributed by atoms with van der Waals surface area (Å²) in [5.74, 6) is 0.461. The third kappa shape index (κ3) is 3.30. The largest absolute Gasteiger partial charge is 0.504 e. The van der Waals surface area contributed by atoms with Gasteiger partial charge in [0.1, 0.15) is 0 Å². The number of hydrogen-bond donors (Lipinski definition) is 3. The molecule has 0 aliphatic carbocycles. The molecule has 5 N–H and O–H groups in total. The summed E-state index contributed by atoms with van der Waals surface area (Å²) in [5.41, 5.74) is 12.5. The first-order chi connectivity index (χ1) is 8.97. The summed E-state index contributed by atoms with van der Waals surface area (Å²) >= 11 is 0. The number of rotatable bonds is 6. The van der Waals surface area contributed by atoms with Gasteiger partial charge in [-0.15, -0.1) is 0 Å². The van der Waals surface area contributed by atoms with E-state index >= 15 is 0 Å². The molecule has 1 aromatic rings. The van der Waals surface area contributed by atoms with Gasteiger partial charge in [-0.1, -0.05) is 13.8 Å². The molecular weight excluding hydrogens is 244 g/mol. The van der Waals surface area contributed by atoms with Gasteiger partial charge >= 0.3 is 0 Å². The lowest BCUT2D eigenvalue weighted by Gasteiger charge is -2.29. The fourth-order valence-corrected chi connectivity index (χ4v) is 1.99. The molecule has 1 atom stereocenters. The Morgan fingerprint density at radius 2 is 2.05 bits per heavy atom. The Kier molecular flexibility index (Phi) is 3.87. The third-order valence-corrected chi connectivity index (χ3v) is 3.52. The van der Waals surface area contributed by atoms with Gasteiger partial charge in [-0.05, 0) is 18.9 Å². The second-order valence-electron chi connectivity index (χ2n) is 5.06. The fraction of sp³-hybridized carbons (Fsp3) is 0.571. The zero-order chi connectivity index (χ0) is 14.0. The maximum absolute atomic E-state index is 10.1. The van der Waals surface area contributed by atoms with Crippen LogP contribution in [-0.4, -0.2) is 23.5 Å². The van der Waals surface area contributed by atoms with E-state index in [4.69, 9.17) is 20.9 Å². The van der Waals surface area contributed by atoms with E-state index < -0.39 is 5.72 Å². The van der Waals surface area contributed by atoms with Gasteiger partial charge in [0.25, 0.3) is 0 Å². The van der Waals surface area contributed by atoms with Crippen molar-refractivity contribution in [3.63, 3.8) is 0 Å². The summed E-state index contributed by atoms with van der Waals surface area (Å²) in [7, 11) is 0. The normalized spacial score (nSPS) is 18.4. The van der Waals surface area contributed by atoms with Crippen molar-refractivity contribution in [2.45, 2.75) is 44.9 Å². The minimum absolute atomic E-state index is 0.0346. The quantitative estimate of drug-likeness (QED) is 0.414. The highest BCUT2D eigenvalue weighted by Crippen LogP contribution is 2.37. The number of aromatic hydroxyl groups is 1. The van der Waals surface area contributed by atoms with Crippen molar-refractivity contribution in [3.05, 3.63) is 17.7 Å². The minimum Gasteiger partial charge on any atom is -0.504 e. The molecule has 5 nitrogen and oxygen atoms in total. The summed E-state index contributed by atoms with van der Waals surface area (Å²) in [4.78, 5) is 0. The Bertz CT molecular complexity index is 454. The number of nitrogen functional groups attached to an aromatic ring is 1. The van der Waals surface area contributed by atoms with E-state index in [2.05, 4.69) is 0 Å². The van der Waals surface area contributed by atoms with Crippen LogP contribution in [0.1, 0.15) is 32.3 Å². The van der Waals surface area contributed by atoms with Crippen LogP contribution in [0.15, 0.2) is 12.1 Å². The van der Waals surface area contributed by atoms with E-state index in [1.807, 2.05) is 19.9 Å². The summed E-state index contributed by atoms with van der Waals surface area (Å²) in [6.07, 6.45) is 2.19. The van der Waals surface area contributed by atoms with Crippen LogP contribution in [0.3, 0.4) is 0 Å². The Labute approximate surface area is 113 Å². The number of epoxide rings is 1. The first kappa shape index (κ1) is 14.0. The maximum atomic E-state index is 10.1. The molecule has 0 bridgehead atoms. The molecule has 0 radical (unpaired) electrons. The van der Waals surface area contributed by atoms with E-state index in [0.717, 1.165) is 12.2 Å². The first-order valence-electron chi connectivity index (χ1n) is 6.68. The van der Waals surface area contributed by atoms with Crippen LogP contribution in [0.2, 0.25) is 0 Å². The van der Waals surface area contributed by atoms with Crippen molar-refractivity contribution in [1.82, 2.24) is 0 Å². The molecule has 0 spiro atoms. The highest BCUT2D eigenvalue weighted by molar-refractivity contribution is 5.57. The molecule has 0 saturated carbocycles. The highest BCUT2D eigenvalue weighted by atomic mass is 16.6. The van der Waals surface area contributed by atoms with Crippen LogP contribution in [-0.2, 0) is 11.2 Å². The monoisotopic (exact) mass is 266 g/mol. The van der Waals surface area contributed by atoms with Crippen LogP contribution in [0, 0.1) is 0 Å². The van der Waals surface area contributed by atoms with Gasteiger partial charge in [-0.25, -0.2) is 0 Å². The summed E-state index contributed by atoms with van der Waals surface area (Å²) in [5, 5.41) is 10.1. The fourth-order valence-electron chi connectivity index (χ4n) is 1.99. The van der Waals surface area contributed by atoms with E-state index in [1.54, 1.807) is 0 Å². The van der Waals surface area contributed by atoms with Crippen molar-refractivity contribution in [3.8, 4) is 11.5 Å². The molecule has 1 fully saturated rings. The minimum atomic E-state index is -0.771. The second-order valence-corrected chi connectivity index (χ2v) is 5.06. The van der Waals surface area contributed by atoms with Crippen molar-refractivity contribution < 1.29 is 14.6 Å². The zero-order valence-corrected chi connectivity index (χ0v) is 11.5.